The molecule has 1 aromatic heterocycles. The van der Waals surface area contributed by atoms with Crippen molar-refractivity contribution < 1.29 is 4.79 Å². The van der Waals surface area contributed by atoms with Gasteiger partial charge in [-0.3, -0.25) is 4.79 Å². The van der Waals surface area contributed by atoms with Gasteiger partial charge in [-0.15, -0.1) is 0 Å². The minimum Gasteiger partial charge on any atom is -0.321 e. The van der Waals surface area contributed by atoms with E-state index in [9.17, 15) is 4.79 Å². The van der Waals surface area contributed by atoms with Crippen molar-refractivity contribution in [3.63, 3.8) is 0 Å². The van der Waals surface area contributed by atoms with Crippen molar-refractivity contribution in [2.24, 2.45) is 4.99 Å². The standard InChI is InChI=1S/C22H19N3OS/c1-15-8-10-18(11-9-15)23-22-24-21(26)20(27-22)13-17-12-16(2)25(14-17)19-6-4-3-5-7-19/h3-14H,1-2H3,(H,23,24,26)/b20-13+. The highest BCUT2D eigenvalue weighted by Gasteiger charge is 2.24. The number of amides is 1. The average molecular weight is 373 g/mol. The molecule has 0 unspecified atom stereocenters. The Bertz CT molecular complexity index is 1050. The van der Waals surface area contributed by atoms with Gasteiger partial charge in [-0.05, 0) is 67.6 Å². The Labute approximate surface area is 162 Å². The maximum atomic E-state index is 12.3. The fourth-order valence-corrected chi connectivity index (χ4v) is 3.75. The SMILES string of the molecule is Cc1ccc(N=C2NC(=O)/C(=C\c3cc(C)n(-c4ccccc4)c3)S2)cc1. The highest BCUT2D eigenvalue weighted by atomic mass is 32.2. The van der Waals surface area contributed by atoms with Gasteiger partial charge in [0.2, 0.25) is 0 Å². The molecule has 0 bridgehead atoms. The second-order valence-electron chi connectivity index (χ2n) is 6.44. The first kappa shape index (κ1) is 17.4. The third kappa shape index (κ3) is 3.88. The van der Waals surface area contributed by atoms with Crippen molar-refractivity contribution in [3.05, 3.63) is 88.6 Å². The maximum absolute atomic E-state index is 12.3. The number of benzene rings is 2. The van der Waals surface area contributed by atoms with E-state index in [1.165, 1.54) is 17.3 Å². The molecule has 0 atom stereocenters. The molecule has 0 aliphatic carbocycles. The summed E-state index contributed by atoms with van der Waals surface area (Å²) in [6, 6.07) is 20.1. The van der Waals surface area contributed by atoms with E-state index >= 15 is 0 Å². The largest absolute Gasteiger partial charge is 0.321 e. The minimum atomic E-state index is -0.115. The van der Waals surface area contributed by atoms with Gasteiger partial charge in [0.15, 0.2) is 5.17 Å². The Kier molecular flexibility index (Phi) is 4.69. The van der Waals surface area contributed by atoms with Crippen molar-refractivity contribution in [2.75, 3.05) is 0 Å². The highest BCUT2D eigenvalue weighted by Crippen LogP contribution is 2.29. The van der Waals surface area contributed by atoms with Crippen LogP contribution in [0.3, 0.4) is 0 Å². The lowest BCUT2D eigenvalue weighted by Crippen LogP contribution is -2.19. The molecular formula is C22H19N3OS. The van der Waals surface area contributed by atoms with E-state index in [-0.39, 0.29) is 5.91 Å². The van der Waals surface area contributed by atoms with Crippen LogP contribution in [0, 0.1) is 13.8 Å². The number of nitrogens with one attached hydrogen (secondary N) is 1. The van der Waals surface area contributed by atoms with Crippen LogP contribution in [-0.4, -0.2) is 15.6 Å². The summed E-state index contributed by atoms with van der Waals surface area (Å²) in [5.41, 5.74) is 5.22. The van der Waals surface area contributed by atoms with Crippen molar-refractivity contribution in [3.8, 4) is 5.69 Å². The van der Waals surface area contributed by atoms with Crippen molar-refractivity contribution in [1.82, 2.24) is 9.88 Å². The third-order valence-electron chi connectivity index (χ3n) is 4.28. The predicted octanol–water partition coefficient (Wildman–Crippen LogP) is 4.99. The van der Waals surface area contributed by atoms with E-state index in [1.807, 2.05) is 61.7 Å². The summed E-state index contributed by atoms with van der Waals surface area (Å²) in [6.45, 7) is 4.09. The van der Waals surface area contributed by atoms with Crippen LogP contribution in [0.5, 0.6) is 0 Å². The molecule has 1 N–H and O–H groups in total. The maximum Gasteiger partial charge on any atom is 0.264 e. The van der Waals surface area contributed by atoms with Crippen LogP contribution in [0.15, 0.2) is 76.8 Å². The molecule has 1 aliphatic rings. The molecule has 0 saturated carbocycles. The van der Waals surface area contributed by atoms with Crippen LogP contribution in [-0.2, 0) is 4.79 Å². The number of aromatic nitrogens is 1. The van der Waals surface area contributed by atoms with Crippen molar-refractivity contribution in [2.45, 2.75) is 13.8 Å². The first-order chi connectivity index (χ1) is 13.1. The second kappa shape index (κ2) is 7.29. The van der Waals surface area contributed by atoms with Crippen molar-refractivity contribution >= 4 is 34.6 Å². The number of aliphatic imine (C=N–C) groups is 1. The molecular weight excluding hydrogens is 354 g/mol. The lowest BCUT2D eigenvalue weighted by molar-refractivity contribution is -0.115. The summed E-state index contributed by atoms with van der Waals surface area (Å²) in [5.74, 6) is -0.115. The monoisotopic (exact) mass is 373 g/mol. The molecule has 0 radical (unpaired) electrons. The summed E-state index contributed by atoms with van der Waals surface area (Å²) >= 11 is 1.36. The fourth-order valence-electron chi connectivity index (χ4n) is 2.91. The Balaban J connectivity index is 1.58. The molecule has 2 aromatic carbocycles. The zero-order valence-corrected chi connectivity index (χ0v) is 16.0. The molecule has 4 nitrogen and oxygen atoms in total. The van der Waals surface area contributed by atoms with Gasteiger partial charge >= 0.3 is 0 Å². The van der Waals surface area contributed by atoms with Gasteiger partial charge in [0.25, 0.3) is 5.91 Å². The van der Waals surface area contributed by atoms with E-state index in [4.69, 9.17) is 0 Å². The van der Waals surface area contributed by atoms with E-state index in [1.54, 1.807) is 0 Å². The summed E-state index contributed by atoms with van der Waals surface area (Å²) in [4.78, 5) is 17.5. The number of nitrogens with zero attached hydrogens (tertiary/aromatic N) is 2. The summed E-state index contributed by atoms with van der Waals surface area (Å²) in [5, 5.41) is 3.45. The van der Waals surface area contributed by atoms with E-state index in [0.717, 1.165) is 22.6 Å². The van der Waals surface area contributed by atoms with Gasteiger partial charge in [0.05, 0.1) is 10.6 Å². The molecule has 1 aliphatic heterocycles. The molecule has 2 heterocycles. The Morgan fingerprint density at radius 3 is 2.52 bits per heavy atom. The summed E-state index contributed by atoms with van der Waals surface area (Å²) in [6.07, 6.45) is 3.95. The number of thioether (sulfide) groups is 1. The smallest absolute Gasteiger partial charge is 0.264 e. The first-order valence-corrected chi connectivity index (χ1v) is 9.51. The lowest BCUT2D eigenvalue weighted by atomic mass is 10.2. The van der Waals surface area contributed by atoms with Gasteiger partial charge in [0, 0.05) is 17.6 Å². The minimum absolute atomic E-state index is 0.115. The van der Waals surface area contributed by atoms with Crippen LogP contribution in [0.2, 0.25) is 0 Å². The number of rotatable bonds is 3. The number of carbonyl (C=O) groups is 1. The number of amidine groups is 1. The third-order valence-corrected chi connectivity index (χ3v) is 5.19. The van der Waals surface area contributed by atoms with Crippen molar-refractivity contribution in [1.29, 1.82) is 0 Å². The Morgan fingerprint density at radius 1 is 1.04 bits per heavy atom. The zero-order chi connectivity index (χ0) is 18.8. The molecule has 3 aromatic rings. The Morgan fingerprint density at radius 2 is 1.78 bits per heavy atom. The van der Waals surface area contributed by atoms with Crippen LogP contribution < -0.4 is 5.32 Å². The number of carbonyl (C=O) groups excluding carboxylic acids is 1. The molecule has 0 spiro atoms. The normalized spacial score (nSPS) is 16.9. The molecule has 1 saturated heterocycles. The Hall–Kier alpha value is -3.05. The quantitative estimate of drug-likeness (QED) is 0.658. The highest BCUT2D eigenvalue weighted by molar-refractivity contribution is 8.18. The molecule has 134 valence electrons. The fraction of sp³-hybridized carbons (Fsp3) is 0.0909. The topological polar surface area (TPSA) is 46.4 Å². The number of aryl methyl sites for hydroxylation is 2. The molecule has 1 fully saturated rings. The zero-order valence-electron chi connectivity index (χ0n) is 15.1. The summed E-state index contributed by atoms with van der Waals surface area (Å²) in [7, 11) is 0. The van der Waals surface area contributed by atoms with Crippen LogP contribution in [0.1, 0.15) is 16.8 Å². The summed E-state index contributed by atoms with van der Waals surface area (Å²) < 4.78 is 2.12. The van der Waals surface area contributed by atoms with Crippen LogP contribution in [0.25, 0.3) is 11.8 Å². The van der Waals surface area contributed by atoms with Gasteiger partial charge in [-0.1, -0.05) is 35.9 Å². The van der Waals surface area contributed by atoms with Gasteiger partial charge in [-0.25, -0.2) is 4.99 Å². The molecule has 1 amide bonds. The number of para-hydroxylation sites is 1. The van der Waals surface area contributed by atoms with Crippen LogP contribution in [0.4, 0.5) is 5.69 Å². The number of hydrogen-bond acceptors (Lipinski definition) is 3. The van der Waals surface area contributed by atoms with E-state index < -0.39 is 0 Å². The van der Waals surface area contributed by atoms with Gasteiger partial charge in [-0.2, -0.15) is 0 Å². The first-order valence-electron chi connectivity index (χ1n) is 8.69. The van der Waals surface area contributed by atoms with Gasteiger partial charge < -0.3 is 9.88 Å². The second-order valence-corrected chi connectivity index (χ2v) is 7.47. The lowest BCUT2D eigenvalue weighted by Gasteiger charge is -2.04. The van der Waals surface area contributed by atoms with E-state index in [2.05, 4.69) is 40.0 Å². The molecule has 27 heavy (non-hydrogen) atoms. The predicted molar refractivity (Wildman–Crippen MR) is 112 cm³/mol. The van der Waals surface area contributed by atoms with Gasteiger partial charge in [0.1, 0.15) is 0 Å². The molecule has 4 rings (SSSR count). The molecule has 5 heteroatoms. The number of hydrogen-bond donors (Lipinski definition) is 1. The average Bonchev–Trinajstić information content (AvgIpc) is 3.20. The van der Waals surface area contributed by atoms with E-state index in [0.29, 0.717) is 10.1 Å². The van der Waals surface area contributed by atoms with Crippen LogP contribution >= 0.6 is 11.8 Å².